The molecule has 0 amide bonds. The summed E-state index contributed by atoms with van der Waals surface area (Å²) in [7, 11) is 0. The molecule has 2 fully saturated rings. The fourth-order valence-electron chi connectivity index (χ4n) is 3.21. The summed E-state index contributed by atoms with van der Waals surface area (Å²) in [5.41, 5.74) is 0.880. The van der Waals surface area contributed by atoms with Crippen LogP contribution in [-0.4, -0.2) is 11.2 Å². The van der Waals surface area contributed by atoms with E-state index < -0.39 is 0 Å². The van der Waals surface area contributed by atoms with Gasteiger partial charge in [-0.15, -0.1) is 0 Å². The third kappa shape index (κ3) is 2.55. The van der Waals surface area contributed by atoms with Crippen molar-refractivity contribution in [1.29, 1.82) is 0 Å². The molecule has 2 aliphatic carbocycles. The molecule has 3 atom stereocenters. The smallest absolute Gasteiger partial charge is 0.124 e. The van der Waals surface area contributed by atoms with E-state index in [4.69, 9.17) is 0 Å². The van der Waals surface area contributed by atoms with Crippen molar-refractivity contribution in [2.45, 2.75) is 31.8 Å². The van der Waals surface area contributed by atoms with E-state index in [9.17, 15) is 9.50 Å². The summed E-state index contributed by atoms with van der Waals surface area (Å²) in [6.45, 7) is 0. The zero-order valence-electron chi connectivity index (χ0n) is 9.57. The lowest BCUT2D eigenvalue weighted by atomic mass is 9.92. The van der Waals surface area contributed by atoms with Gasteiger partial charge < -0.3 is 5.11 Å². The molecule has 0 saturated heterocycles. The van der Waals surface area contributed by atoms with Crippen LogP contribution in [0.3, 0.4) is 0 Å². The molecule has 0 spiro atoms. The molecule has 1 aromatic rings. The standard InChI is InChI=1S/C14H16BrFO/c15-12-1-8(2-13(16)7-12)3-14(17)11-5-9-4-10(9)6-11/h1-2,7,9-11,14,17H,3-6H2. The Morgan fingerprint density at radius 2 is 1.94 bits per heavy atom. The van der Waals surface area contributed by atoms with Crippen LogP contribution in [0.15, 0.2) is 22.7 Å². The van der Waals surface area contributed by atoms with Crippen molar-refractivity contribution >= 4 is 15.9 Å². The maximum atomic E-state index is 13.2. The van der Waals surface area contributed by atoms with Gasteiger partial charge in [-0.05, 0) is 67.2 Å². The minimum Gasteiger partial charge on any atom is -0.392 e. The van der Waals surface area contributed by atoms with E-state index in [-0.39, 0.29) is 11.9 Å². The molecule has 1 N–H and O–H groups in total. The lowest BCUT2D eigenvalue weighted by molar-refractivity contribution is 0.104. The highest BCUT2D eigenvalue weighted by Gasteiger charge is 2.47. The summed E-state index contributed by atoms with van der Waals surface area (Å²) in [5, 5.41) is 10.2. The number of aliphatic hydroxyl groups is 1. The molecule has 17 heavy (non-hydrogen) atoms. The van der Waals surface area contributed by atoms with Crippen molar-refractivity contribution in [3.8, 4) is 0 Å². The second-order valence-electron chi connectivity index (χ2n) is 5.54. The quantitative estimate of drug-likeness (QED) is 0.905. The fraction of sp³-hybridized carbons (Fsp3) is 0.571. The van der Waals surface area contributed by atoms with Crippen LogP contribution in [0.2, 0.25) is 0 Å². The van der Waals surface area contributed by atoms with Crippen molar-refractivity contribution in [2.24, 2.45) is 17.8 Å². The van der Waals surface area contributed by atoms with Gasteiger partial charge in [0.05, 0.1) is 6.10 Å². The minimum absolute atomic E-state index is 0.240. The topological polar surface area (TPSA) is 20.2 Å². The first-order valence-electron chi connectivity index (χ1n) is 6.25. The van der Waals surface area contributed by atoms with Crippen LogP contribution >= 0.6 is 15.9 Å². The van der Waals surface area contributed by atoms with Crippen molar-refractivity contribution in [3.05, 3.63) is 34.1 Å². The van der Waals surface area contributed by atoms with E-state index in [1.54, 1.807) is 0 Å². The zero-order chi connectivity index (χ0) is 12.0. The lowest BCUT2D eigenvalue weighted by Crippen LogP contribution is -2.21. The maximum absolute atomic E-state index is 13.2. The first kappa shape index (κ1) is 11.7. The van der Waals surface area contributed by atoms with Crippen molar-refractivity contribution < 1.29 is 9.50 Å². The monoisotopic (exact) mass is 298 g/mol. The van der Waals surface area contributed by atoms with E-state index in [1.807, 2.05) is 6.07 Å². The van der Waals surface area contributed by atoms with Gasteiger partial charge in [0.1, 0.15) is 5.82 Å². The summed E-state index contributed by atoms with van der Waals surface area (Å²) < 4.78 is 14.0. The predicted octanol–water partition coefficient (Wildman–Crippen LogP) is 3.54. The highest BCUT2D eigenvalue weighted by molar-refractivity contribution is 9.10. The first-order chi connectivity index (χ1) is 8.11. The molecule has 0 radical (unpaired) electrons. The van der Waals surface area contributed by atoms with Gasteiger partial charge in [-0.1, -0.05) is 15.9 Å². The third-order valence-electron chi connectivity index (χ3n) is 4.19. The molecule has 1 aromatic carbocycles. The van der Waals surface area contributed by atoms with Crippen molar-refractivity contribution in [3.63, 3.8) is 0 Å². The van der Waals surface area contributed by atoms with Crippen molar-refractivity contribution in [2.75, 3.05) is 0 Å². The van der Waals surface area contributed by atoms with E-state index >= 15 is 0 Å². The van der Waals surface area contributed by atoms with Gasteiger partial charge in [-0.25, -0.2) is 4.39 Å². The molecule has 0 aromatic heterocycles. The van der Waals surface area contributed by atoms with Crippen LogP contribution in [0.25, 0.3) is 0 Å². The zero-order valence-corrected chi connectivity index (χ0v) is 11.2. The molecular formula is C14H16BrFO. The molecule has 0 heterocycles. The van der Waals surface area contributed by atoms with Gasteiger partial charge >= 0.3 is 0 Å². The van der Waals surface area contributed by atoms with E-state index in [0.29, 0.717) is 12.3 Å². The van der Waals surface area contributed by atoms with Crippen LogP contribution in [0.4, 0.5) is 4.39 Å². The number of halogens is 2. The number of aliphatic hydroxyl groups excluding tert-OH is 1. The van der Waals surface area contributed by atoms with Gasteiger partial charge in [0, 0.05) is 4.47 Å². The Bertz CT molecular complexity index is 404. The fourth-order valence-corrected chi connectivity index (χ4v) is 3.73. The summed E-state index contributed by atoms with van der Waals surface area (Å²) >= 11 is 3.28. The van der Waals surface area contributed by atoms with Crippen LogP contribution in [0.5, 0.6) is 0 Å². The molecule has 3 rings (SSSR count). The first-order valence-corrected chi connectivity index (χ1v) is 7.04. The lowest BCUT2D eigenvalue weighted by Gasteiger charge is -2.19. The summed E-state index contributed by atoms with van der Waals surface area (Å²) in [5.74, 6) is 1.96. The number of rotatable bonds is 3. The highest BCUT2D eigenvalue weighted by Crippen LogP contribution is 2.55. The van der Waals surface area contributed by atoms with Gasteiger partial charge in [-0.2, -0.15) is 0 Å². The maximum Gasteiger partial charge on any atom is 0.124 e. The Hall–Kier alpha value is -0.410. The van der Waals surface area contributed by atoms with Crippen LogP contribution in [0.1, 0.15) is 24.8 Å². The Morgan fingerprint density at radius 3 is 2.59 bits per heavy atom. The van der Waals surface area contributed by atoms with Crippen LogP contribution < -0.4 is 0 Å². The van der Waals surface area contributed by atoms with Crippen LogP contribution in [-0.2, 0) is 6.42 Å². The molecule has 0 aliphatic heterocycles. The largest absolute Gasteiger partial charge is 0.392 e. The van der Waals surface area contributed by atoms with E-state index in [0.717, 1.165) is 21.9 Å². The second kappa shape index (κ2) is 4.36. The minimum atomic E-state index is -0.309. The Morgan fingerprint density at radius 1 is 1.24 bits per heavy atom. The average molecular weight is 299 g/mol. The van der Waals surface area contributed by atoms with Gasteiger partial charge in [-0.3, -0.25) is 0 Å². The van der Waals surface area contributed by atoms with Crippen molar-refractivity contribution in [1.82, 2.24) is 0 Å². The molecule has 0 bridgehead atoms. The SMILES string of the molecule is OC(Cc1cc(F)cc(Br)c1)C1CC2CC2C1. The molecule has 1 nitrogen and oxygen atoms in total. The van der Waals surface area contributed by atoms with Gasteiger partial charge in [0.15, 0.2) is 0 Å². The normalized spacial score (nSPS) is 32.3. The van der Waals surface area contributed by atoms with Gasteiger partial charge in [0.2, 0.25) is 0 Å². The summed E-state index contributed by atoms with van der Waals surface area (Å²) in [6.07, 6.45) is 3.97. The Balaban J connectivity index is 1.65. The van der Waals surface area contributed by atoms with E-state index in [2.05, 4.69) is 15.9 Å². The number of hydrogen-bond donors (Lipinski definition) is 1. The molecule has 92 valence electrons. The number of benzene rings is 1. The van der Waals surface area contributed by atoms with E-state index in [1.165, 1.54) is 31.4 Å². The molecule has 2 saturated carbocycles. The number of fused-ring (bicyclic) bond motifs is 1. The Kier molecular flexibility index (Phi) is 2.99. The average Bonchev–Trinajstić information content (AvgIpc) is 2.84. The summed E-state index contributed by atoms with van der Waals surface area (Å²) in [6, 6.07) is 4.85. The third-order valence-corrected chi connectivity index (χ3v) is 4.65. The van der Waals surface area contributed by atoms with Gasteiger partial charge in [0.25, 0.3) is 0 Å². The molecular weight excluding hydrogens is 283 g/mol. The second-order valence-corrected chi connectivity index (χ2v) is 6.45. The Labute approximate surface area is 109 Å². The number of hydrogen-bond acceptors (Lipinski definition) is 1. The molecule has 3 unspecified atom stereocenters. The highest BCUT2D eigenvalue weighted by atomic mass is 79.9. The summed E-state index contributed by atoms with van der Waals surface area (Å²) in [4.78, 5) is 0. The predicted molar refractivity (Wildman–Crippen MR) is 68.1 cm³/mol. The van der Waals surface area contributed by atoms with Crippen LogP contribution in [0, 0.1) is 23.6 Å². The molecule has 3 heteroatoms. The molecule has 2 aliphatic rings.